The molecule has 0 bridgehead atoms. The van der Waals surface area contributed by atoms with Crippen LogP contribution in [0.1, 0.15) is 60.7 Å². The molecule has 6 nitrogen and oxygen atoms in total. The highest BCUT2D eigenvalue weighted by molar-refractivity contribution is 5.86. The minimum atomic E-state index is 0.326. The van der Waals surface area contributed by atoms with E-state index in [9.17, 15) is 5.11 Å². The van der Waals surface area contributed by atoms with Crippen molar-refractivity contribution in [3.63, 3.8) is 0 Å². The van der Waals surface area contributed by atoms with Crippen molar-refractivity contribution in [3.05, 3.63) is 52.7 Å². The Morgan fingerprint density at radius 3 is 2.69 bits per heavy atom. The Balaban J connectivity index is 1.30. The average molecular weight is 476 g/mol. The largest absolute Gasteiger partial charge is 0.508 e. The van der Waals surface area contributed by atoms with Crippen LogP contribution < -0.4 is 14.8 Å². The van der Waals surface area contributed by atoms with Gasteiger partial charge < -0.3 is 24.9 Å². The predicted octanol–water partition coefficient (Wildman–Crippen LogP) is 5.11. The molecule has 4 atom stereocenters. The van der Waals surface area contributed by atoms with Crippen molar-refractivity contribution in [1.82, 2.24) is 15.2 Å². The molecular weight excluding hydrogens is 438 g/mol. The number of nitrogens with zero attached hydrogens (tertiary/aromatic N) is 1. The molecular formula is C29H37N3O3. The van der Waals surface area contributed by atoms with Crippen LogP contribution in [0.3, 0.4) is 0 Å². The van der Waals surface area contributed by atoms with Gasteiger partial charge in [-0.05, 0) is 91.1 Å². The number of hydrogen-bond donors (Lipinski definition) is 3. The zero-order valence-corrected chi connectivity index (χ0v) is 21.1. The number of methoxy groups -OCH3 is 2. The van der Waals surface area contributed by atoms with Crippen LogP contribution in [0, 0.1) is 11.8 Å². The first kappa shape index (κ1) is 22.7. The number of aromatic nitrogens is 1. The van der Waals surface area contributed by atoms with Gasteiger partial charge >= 0.3 is 0 Å². The van der Waals surface area contributed by atoms with E-state index < -0.39 is 0 Å². The average Bonchev–Trinajstić information content (AvgIpc) is 3.26. The number of nitrogens with one attached hydrogen (secondary N) is 2. The summed E-state index contributed by atoms with van der Waals surface area (Å²) >= 11 is 0. The summed E-state index contributed by atoms with van der Waals surface area (Å²) in [5, 5.41) is 15.1. The molecule has 1 aromatic heterocycles. The van der Waals surface area contributed by atoms with Crippen molar-refractivity contribution in [2.24, 2.45) is 11.8 Å². The van der Waals surface area contributed by atoms with Gasteiger partial charge in [-0.25, -0.2) is 0 Å². The number of phenolic OH excluding ortho intramolecular Hbond substituents is 1. The normalized spacial score (nSPS) is 26.1. The lowest BCUT2D eigenvalue weighted by atomic mass is 9.73. The van der Waals surface area contributed by atoms with Crippen molar-refractivity contribution in [2.45, 2.75) is 51.1 Å². The molecule has 0 saturated carbocycles. The molecule has 3 N–H and O–H groups in total. The molecule has 4 heterocycles. The first-order chi connectivity index (χ1) is 17.1. The van der Waals surface area contributed by atoms with Crippen LogP contribution in [0.5, 0.6) is 17.2 Å². The first-order valence-corrected chi connectivity index (χ1v) is 13.1. The smallest absolute Gasteiger partial charge is 0.161 e. The van der Waals surface area contributed by atoms with E-state index in [0.717, 1.165) is 49.4 Å². The van der Waals surface area contributed by atoms with Gasteiger partial charge in [-0.2, -0.15) is 0 Å². The Morgan fingerprint density at radius 1 is 1.06 bits per heavy atom. The lowest BCUT2D eigenvalue weighted by Crippen LogP contribution is -2.46. The number of aromatic amines is 1. The van der Waals surface area contributed by atoms with E-state index in [0.29, 0.717) is 29.7 Å². The van der Waals surface area contributed by atoms with Gasteiger partial charge in [-0.1, -0.05) is 13.3 Å². The summed E-state index contributed by atoms with van der Waals surface area (Å²) in [6.07, 6.45) is 5.60. The van der Waals surface area contributed by atoms with Gasteiger partial charge in [-0.3, -0.25) is 4.90 Å². The second-order valence-electron chi connectivity index (χ2n) is 10.6. The SMILES string of the molecule is CC[C@H]1CN2CCc3cc(OC)c(OC)cc3[C@@H]2C[C@@H]1C[C@H]1NCCc2c1[nH]c1ccc(O)cc21. The standard InChI is InChI=1S/C29H37N3O3/c1-4-17-16-32-10-8-18-13-27(34-2)28(35-3)15-22(18)26(32)12-19(17)11-25-29-21(7-9-30-25)23-14-20(33)5-6-24(23)31-29/h5-6,13-15,17,19,25-26,30-31,33H,4,7-12,16H2,1-3H3/t17-,19-,25+,26-/m0/s1. The van der Waals surface area contributed by atoms with Crippen molar-refractivity contribution < 1.29 is 14.6 Å². The van der Waals surface area contributed by atoms with Gasteiger partial charge in [0, 0.05) is 41.8 Å². The summed E-state index contributed by atoms with van der Waals surface area (Å²) in [6.45, 7) is 5.63. The molecule has 1 fully saturated rings. The number of fused-ring (bicyclic) bond motifs is 6. The molecule has 0 radical (unpaired) electrons. The van der Waals surface area contributed by atoms with E-state index in [4.69, 9.17) is 9.47 Å². The Bertz CT molecular complexity index is 1240. The van der Waals surface area contributed by atoms with Crippen molar-refractivity contribution in [3.8, 4) is 17.2 Å². The van der Waals surface area contributed by atoms with E-state index in [2.05, 4.69) is 34.3 Å². The number of hydrogen-bond acceptors (Lipinski definition) is 5. The van der Waals surface area contributed by atoms with Gasteiger partial charge in [-0.15, -0.1) is 0 Å². The predicted molar refractivity (Wildman–Crippen MR) is 138 cm³/mol. The summed E-state index contributed by atoms with van der Waals surface area (Å²) < 4.78 is 11.3. The number of benzene rings is 2. The topological polar surface area (TPSA) is 69.8 Å². The molecule has 186 valence electrons. The molecule has 1 saturated heterocycles. The lowest BCUT2D eigenvalue weighted by molar-refractivity contribution is 0.0433. The van der Waals surface area contributed by atoms with Crippen LogP contribution in [0.15, 0.2) is 30.3 Å². The fraction of sp³-hybridized carbons (Fsp3) is 0.517. The molecule has 0 amide bonds. The highest BCUT2D eigenvalue weighted by atomic mass is 16.5. The van der Waals surface area contributed by atoms with Gasteiger partial charge in [0.1, 0.15) is 5.75 Å². The highest BCUT2D eigenvalue weighted by Gasteiger charge is 2.40. The Kier molecular flexibility index (Phi) is 5.89. The third-order valence-corrected chi connectivity index (χ3v) is 8.87. The fourth-order valence-electron chi connectivity index (χ4n) is 7.06. The van der Waals surface area contributed by atoms with Gasteiger partial charge in [0.05, 0.1) is 14.2 Å². The van der Waals surface area contributed by atoms with Crippen LogP contribution in [-0.2, 0) is 12.8 Å². The van der Waals surface area contributed by atoms with Crippen molar-refractivity contribution in [2.75, 3.05) is 33.9 Å². The molecule has 6 heteroatoms. The number of phenols is 1. The quantitative estimate of drug-likeness (QED) is 0.478. The zero-order chi connectivity index (χ0) is 24.1. The van der Waals surface area contributed by atoms with Crippen LogP contribution >= 0.6 is 0 Å². The summed E-state index contributed by atoms with van der Waals surface area (Å²) in [4.78, 5) is 6.41. The fourth-order valence-corrected chi connectivity index (χ4v) is 7.06. The molecule has 0 unspecified atom stereocenters. The maximum absolute atomic E-state index is 10.1. The van der Waals surface area contributed by atoms with Crippen molar-refractivity contribution >= 4 is 10.9 Å². The number of rotatable bonds is 5. The van der Waals surface area contributed by atoms with E-state index in [1.54, 1.807) is 20.3 Å². The maximum atomic E-state index is 10.1. The van der Waals surface area contributed by atoms with Crippen molar-refractivity contribution in [1.29, 1.82) is 0 Å². The lowest BCUT2D eigenvalue weighted by Gasteiger charge is -2.48. The molecule has 3 aliphatic rings. The van der Waals surface area contributed by atoms with Gasteiger partial charge in [0.15, 0.2) is 11.5 Å². The molecule has 6 rings (SSSR count). The molecule has 0 aliphatic carbocycles. The zero-order valence-electron chi connectivity index (χ0n) is 21.1. The van der Waals surface area contributed by atoms with Crippen LogP contribution in [0.4, 0.5) is 0 Å². The summed E-state index contributed by atoms with van der Waals surface area (Å²) in [5.74, 6) is 3.36. The van der Waals surface area contributed by atoms with Crippen LogP contribution in [0.2, 0.25) is 0 Å². The molecule has 3 aromatic rings. The number of ether oxygens (including phenoxy) is 2. The Labute approximate surface area is 207 Å². The number of piperidine rings is 1. The maximum Gasteiger partial charge on any atom is 0.161 e. The first-order valence-electron chi connectivity index (χ1n) is 13.1. The van der Waals surface area contributed by atoms with Gasteiger partial charge in [0.25, 0.3) is 0 Å². The monoisotopic (exact) mass is 475 g/mol. The Hall–Kier alpha value is -2.70. The van der Waals surface area contributed by atoms with Crippen LogP contribution in [-0.4, -0.2) is 48.8 Å². The highest BCUT2D eigenvalue weighted by Crippen LogP contribution is 2.47. The molecule has 2 aromatic carbocycles. The second-order valence-corrected chi connectivity index (χ2v) is 10.6. The Morgan fingerprint density at radius 2 is 1.89 bits per heavy atom. The second kappa shape index (κ2) is 9.07. The summed E-state index contributed by atoms with van der Waals surface area (Å²) in [6, 6.07) is 10.9. The van der Waals surface area contributed by atoms with E-state index in [-0.39, 0.29) is 0 Å². The minimum Gasteiger partial charge on any atom is -0.508 e. The number of H-pyrrole nitrogens is 1. The molecule has 3 aliphatic heterocycles. The van der Waals surface area contributed by atoms with Crippen LogP contribution in [0.25, 0.3) is 10.9 Å². The summed E-state index contributed by atoms with van der Waals surface area (Å²) in [5.41, 5.74) is 6.66. The summed E-state index contributed by atoms with van der Waals surface area (Å²) in [7, 11) is 3.45. The third kappa shape index (κ3) is 3.87. The molecule has 0 spiro atoms. The third-order valence-electron chi connectivity index (χ3n) is 8.87. The van der Waals surface area contributed by atoms with E-state index in [1.165, 1.54) is 47.2 Å². The minimum absolute atomic E-state index is 0.326. The van der Waals surface area contributed by atoms with Gasteiger partial charge in [0.2, 0.25) is 0 Å². The van der Waals surface area contributed by atoms with E-state index >= 15 is 0 Å². The molecule has 35 heavy (non-hydrogen) atoms. The van der Waals surface area contributed by atoms with E-state index in [1.807, 2.05) is 12.1 Å². The number of aromatic hydroxyl groups is 1.